The summed E-state index contributed by atoms with van der Waals surface area (Å²) < 4.78 is 28.1. The number of benzene rings is 1. The Kier molecular flexibility index (Phi) is 6.53. The zero-order valence-corrected chi connectivity index (χ0v) is 16.5. The maximum Gasteiger partial charge on any atom is 0.243 e. The second-order valence-corrected chi connectivity index (χ2v) is 9.15. The Hall–Kier alpha value is -0.140. The fourth-order valence-corrected chi connectivity index (χ4v) is 5.36. The third-order valence-electron chi connectivity index (χ3n) is 4.93. The van der Waals surface area contributed by atoms with Crippen molar-refractivity contribution in [3.63, 3.8) is 0 Å². The summed E-state index contributed by atoms with van der Waals surface area (Å²) >= 11 is 3.42. The number of aryl methyl sites for hydroxylation is 1. The molecule has 23 heavy (non-hydrogen) atoms. The lowest BCUT2D eigenvalue weighted by Gasteiger charge is -2.34. The molecule has 3 rings (SSSR count). The predicted molar refractivity (Wildman–Crippen MR) is 98.6 cm³/mol. The minimum atomic E-state index is -3.36. The monoisotopic (exact) mass is 422 g/mol. The maximum absolute atomic E-state index is 12.8. The fraction of sp³-hybridized carbons (Fsp3) is 0.625. The predicted octanol–water partition coefficient (Wildman–Crippen LogP) is 3.33. The van der Waals surface area contributed by atoms with Gasteiger partial charge in [0.15, 0.2) is 0 Å². The van der Waals surface area contributed by atoms with Gasteiger partial charge in [0.1, 0.15) is 0 Å². The van der Waals surface area contributed by atoms with Gasteiger partial charge in [-0.05, 0) is 68.8 Å². The molecule has 2 heterocycles. The molecule has 7 heteroatoms. The van der Waals surface area contributed by atoms with Gasteiger partial charge in [-0.2, -0.15) is 4.31 Å². The summed E-state index contributed by atoms with van der Waals surface area (Å²) in [6.07, 6.45) is 4.42. The van der Waals surface area contributed by atoms with Crippen molar-refractivity contribution in [2.24, 2.45) is 5.92 Å². The van der Waals surface area contributed by atoms with Crippen molar-refractivity contribution in [1.29, 1.82) is 0 Å². The van der Waals surface area contributed by atoms with Crippen molar-refractivity contribution in [2.45, 2.75) is 43.5 Å². The zero-order valence-electron chi connectivity index (χ0n) is 13.3. The van der Waals surface area contributed by atoms with Gasteiger partial charge in [0.05, 0.1) is 4.90 Å². The Morgan fingerprint density at radius 2 is 1.91 bits per heavy atom. The topological polar surface area (TPSA) is 49.4 Å². The number of hydrogen-bond acceptors (Lipinski definition) is 3. The molecule has 1 N–H and O–H groups in total. The molecule has 1 atom stereocenters. The molecule has 1 aromatic carbocycles. The summed E-state index contributed by atoms with van der Waals surface area (Å²) in [4.78, 5) is 0.408. The van der Waals surface area contributed by atoms with Crippen molar-refractivity contribution in [1.82, 2.24) is 9.62 Å². The van der Waals surface area contributed by atoms with E-state index in [1.807, 2.05) is 13.0 Å². The summed E-state index contributed by atoms with van der Waals surface area (Å²) in [7, 11) is -3.36. The lowest BCUT2D eigenvalue weighted by Crippen LogP contribution is -2.43. The van der Waals surface area contributed by atoms with Gasteiger partial charge in [0, 0.05) is 23.6 Å². The molecule has 0 aliphatic carbocycles. The van der Waals surface area contributed by atoms with Gasteiger partial charge < -0.3 is 5.32 Å². The van der Waals surface area contributed by atoms with Crippen molar-refractivity contribution < 1.29 is 8.42 Å². The highest BCUT2D eigenvalue weighted by Crippen LogP contribution is 2.29. The Balaban J connectivity index is 0.00000192. The highest BCUT2D eigenvalue weighted by molar-refractivity contribution is 9.10. The summed E-state index contributed by atoms with van der Waals surface area (Å²) in [5.74, 6) is 0.626. The molecule has 1 aromatic rings. The lowest BCUT2D eigenvalue weighted by molar-refractivity contribution is 0.234. The van der Waals surface area contributed by atoms with Crippen LogP contribution in [0.15, 0.2) is 27.6 Å². The first-order chi connectivity index (χ1) is 10.5. The number of nitrogens with one attached hydrogen (secondary N) is 1. The normalized spacial score (nSPS) is 23.7. The molecule has 1 unspecified atom stereocenters. The van der Waals surface area contributed by atoms with Crippen LogP contribution >= 0.6 is 28.3 Å². The van der Waals surface area contributed by atoms with Crippen molar-refractivity contribution in [2.75, 3.05) is 19.6 Å². The first kappa shape index (κ1) is 19.2. The molecule has 2 fully saturated rings. The first-order valence-electron chi connectivity index (χ1n) is 7.98. The fourth-order valence-electron chi connectivity index (χ4n) is 3.56. The molecule has 0 amide bonds. The van der Waals surface area contributed by atoms with Crippen LogP contribution in [0.5, 0.6) is 0 Å². The number of piperidine rings is 1. The molecule has 0 saturated carbocycles. The highest BCUT2D eigenvalue weighted by atomic mass is 79.9. The number of halogens is 2. The van der Waals surface area contributed by atoms with Crippen molar-refractivity contribution in [3.05, 3.63) is 28.2 Å². The van der Waals surface area contributed by atoms with Gasteiger partial charge in [-0.1, -0.05) is 15.9 Å². The molecule has 2 aliphatic heterocycles. The zero-order chi connectivity index (χ0) is 15.7. The molecule has 2 aliphatic rings. The molecule has 130 valence electrons. The van der Waals surface area contributed by atoms with Crippen LogP contribution in [-0.2, 0) is 10.0 Å². The van der Waals surface area contributed by atoms with Crippen molar-refractivity contribution in [3.8, 4) is 0 Å². The Morgan fingerprint density at radius 1 is 1.22 bits per heavy atom. The average Bonchev–Trinajstić information content (AvgIpc) is 3.04. The quantitative estimate of drug-likeness (QED) is 0.811. The minimum Gasteiger partial charge on any atom is -0.314 e. The van der Waals surface area contributed by atoms with Crippen LogP contribution in [0.4, 0.5) is 0 Å². The molecular formula is C16H24BrClN2O2S. The molecule has 2 saturated heterocycles. The summed E-state index contributed by atoms with van der Waals surface area (Å²) in [5.41, 5.74) is 0.950. The molecule has 4 nitrogen and oxygen atoms in total. The van der Waals surface area contributed by atoms with Gasteiger partial charge in [0.2, 0.25) is 10.0 Å². The van der Waals surface area contributed by atoms with Gasteiger partial charge in [-0.3, -0.25) is 0 Å². The van der Waals surface area contributed by atoms with Crippen LogP contribution in [0.3, 0.4) is 0 Å². The summed E-state index contributed by atoms with van der Waals surface area (Å²) in [6, 6.07) is 5.86. The number of rotatable bonds is 3. The van der Waals surface area contributed by atoms with Crippen LogP contribution in [0.2, 0.25) is 0 Å². The minimum absolute atomic E-state index is 0. The van der Waals surface area contributed by atoms with E-state index in [0.717, 1.165) is 29.4 Å². The second-order valence-electron chi connectivity index (χ2n) is 6.36. The van der Waals surface area contributed by atoms with Crippen molar-refractivity contribution >= 4 is 38.4 Å². The summed E-state index contributed by atoms with van der Waals surface area (Å²) in [5, 5.41) is 3.55. The Morgan fingerprint density at radius 3 is 2.48 bits per heavy atom. The van der Waals surface area contributed by atoms with E-state index in [-0.39, 0.29) is 12.4 Å². The molecular weight excluding hydrogens is 400 g/mol. The van der Waals surface area contributed by atoms with Crippen LogP contribution in [0.25, 0.3) is 0 Å². The van der Waals surface area contributed by atoms with E-state index in [1.165, 1.54) is 12.8 Å². The number of nitrogens with zero attached hydrogens (tertiary/aromatic N) is 1. The van der Waals surface area contributed by atoms with Gasteiger partial charge >= 0.3 is 0 Å². The third-order valence-corrected chi connectivity index (χ3v) is 7.72. The van der Waals surface area contributed by atoms with Gasteiger partial charge in [0.25, 0.3) is 0 Å². The molecule has 0 spiro atoms. The molecule has 0 radical (unpaired) electrons. The molecule has 0 bridgehead atoms. The Bertz CT molecular complexity index is 639. The van der Waals surface area contributed by atoms with E-state index in [4.69, 9.17) is 0 Å². The van der Waals surface area contributed by atoms with E-state index in [0.29, 0.717) is 29.9 Å². The van der Waals surface area contributed by atoms with E-state index in [2.05, 4.69) is 21.2 Å². The highest BCUT2D eigenvalue weighted by Gasteiger charge is 2.33. The van der Waals surface area contributed by atoms with Gasteiger partial charge in [-0.25, -0.2) is 8.42 Å². The van der Waals surface area contributed by atoms with Crippen LogP contribution in [-0.4, -0.2) is 38.4 Å². The lowest BCUT2D eigenvalue weighted by atomic mass is 9.89. The largest absolute Gasteiger partial charge is 0.314 e. The second kappa shape index (κ2) is 7.83. The van der Waals surface area contributed by atoms with Crippen LogP contribution in [0.1, 0.15) is 31.2 Å². The smallest absolute Gasteiger partial charge is 0.243 e. The molecule has 0 aromatic heterocycles. The van der Waals surface area contributed by atoms with Crippen LogP contribution in [0, 0.1) is 12.8 Å². The average molecular weight is 424 g/mol. The SMILES string of the molecule is Cc1cc(S(=O)(=O)N2CCC(C3CCCN3)CC2)ccc1Br.Cl. The Labute approximate surface area is 153 Å². The van der Waals surface area contributed by atoms with Crippen LogP contribution < -0.4 is 5.32 Å². The van der Waals surface area contributed by atoms with E-state index in [9.17, 15) is 8.42 Å². The van der Waals surface area contributed by atoms with E-state index < -0.39 is 10.0 Å². The van der Waals surface area contributed by atoms with Gasteiger partial charge in [-0.15, -0.1) is 12.4 Å². The number of hydrogen-bond donors (Lipinski definition) is 1. The standard InChI is InChI=1S/C16H23BrN2O2S.ClH/c1-12-11-14(4-5-15(12)17)22(20,21)19-9-6-13(7-10-19)16-3-2-8-18-16;/h4-5,11,13,16,18H,2-3,6-10H2,1H3;1H. The first-order valence-corrected chi connectivity index (χ1v) is 10.2. The number of sulfonamides is 1. The maximum atomic E-state index is 12.8. The third kappa shape index (κ3) is 4.10. The van der Waals surface area contributed by atoms with E-state index >= 15 is 0 Å². The summed E-state index contributed by atoms with van der Waals surface area (Å²) in [6.45, 7) is 4.31. The van der Waals surface area contributed by atoms with E-state index in [1.54, 1.807) is 16.4 Å².